The predicted octanol–water partition coefficient (Wildman–Crippen LogP) is 2.77. The number of rotatable bonds is 5. The number of nitrogens with one attached hydrogen (secondary N) is 1. The van der Waals surface area contributed by atoms with Crippen molar-refractivity contribution in [1.82, 2.24) is 15.3 Å². The van der Waals surface area contributed by atoms with E-state index in [0.29, 0.717) is 11.9 Å². The summed E-state index contributed by atoms with van der Waals surface area (Å²) >= 11 is 0. The summed E-state index contributed by atoms with van der Waals surface area (Å²) in [6.45, 7) is 4.91. The molecule has 0 aliphatic carbocycles. The van der Waals surface area contributed by atoms with Crippen LogP contribution in [0.2, 0.25) is 0 Å². The third-order valence-electron chi connectivity index (χ3n) is 2.34. The minimum Gasteiger partial charge on any atom is -0.438 e. The highest BCUT2D eigenvalue weighted by Crippen LogP contribution is 2.17. The maximum atomic E-state index is 5.56. The summed E-state index contributed by atoms with van der Waals surface area (Å²) in [6, 6.07) is 9.99. The molecule has 4 heteroatoms. The molecule has 94 valence electrons. The van der Waals surface area contributed by atoms with E-state index in [4.69, 9.17) is 4.74 Å². The summed E-state index contributed by atoms with van der Waals surface area (Å²) < 4.78 is 5.56. The quantitative estimate of drug-likeness (QED) is 0.877. The second-order valence-corrected chi connectivity index (χ2v) is 4.30. The molecule has 0 radical (unpaired) electrons. The molecule has 0 amide bonds. The lowest BCUT2D eigenvalue weighted by molar-refractivity contribution is 0.458. The van der Waals surface area contributed by atoms with Crippen molar-refractivity contribution in [2.24, 2.45) is 0 Å². The highest BCUT2D eigenvalue weighted by Gasteiger charge is 2.00. The van der Waals surface area contributed by atoms with Crippen LogP contribution in [-0.4, -0.2) is 16.0 Å². The van der Waals surface area contributed by atoms with E-state index in [1.54, 1.807) is 12.4 Å². The number of para-hydroxylation sites is 1. The Morgan fingerprint density at radius 2 is 1.89 bits per heavy atom. The Balaban J connectivity index is 1.95. The highest BCUT2D eigenvalue weighted by molar-refractivity contribution is 5.25. The fourth-order valence-corrected chi connectivity index (χ4v) is 1.40. The Bertz CT molecular complexity index is 468. The molecule has 1 aromatic heterocycles. The van der Waals surface area contributed by atoms with Gasteiger partial charge < -0.3 is 10.1 Å². The molecule has 0 atom stereocenters. The van der Waals surface area contributed by atoms with Crippen molar-refractivity contribution in [3.05, 3.63) is 48.4 Å². The fraction of sp³-hybridized carbons (Fsp3) is 0.286. The summed E-state index contributed by atoms with van der Waals surface area (Å²) in [5, 5.41) is 3.29. The van der Waals surface area contributed by atoms with E-state index < -0.39 is 0 Å². The van der Waals surface area contributed by atoms with Crippen molar-refractivity contribution in [2.75, 3.05) is 0 Å². The van der Waals surface area contributed by atoms with Gasteiger partial charge in [0.2, 0.25) is 5.88 Å². The first kappa shape index (κ1) is 12.5. The maximum Gasteiger partial charge on any atom is 0.237 e. The van der Waals surface area contributed by atoms with Gasteiger partial charge in [-0.3, -0.25) is 4.98 Å². The normalized spacial score (nSPS) is 10.6. The molecule has 0 bridgehead atoms. The van der Waals surface area contributed by atoms with E-state index in [2.05, 4.69) is 29.1 Å². The molecule has 4 nitrogen and oxygen atoms in total. The molecule has 0 saturated carbocycles. The van der Waals surface area contributed by atoms with Gasteiger partial charge in [0.15, 0.2) is 0 Å². The minimum absolute atomic E-state index is 0.437. The van der Waals surface area contributed by atoms with Crippen LogP contribution in [0.15, 0.2) is 42.7 Å². The average Bonchev–Trinajstić information content (AvgIpc) is 2.39. The molecule has 0 spiro atoms. The van der Waals surface area contributed by atoms with E-state index in [0.717, 1.165) is 18.0 Å². The van der Waals surface area contributed by atoms with Gasteiger partial charge in [0.1, 0.15) is 5.75 Å². The van der Waals surface area contributed by atoms with Crippen LogP contribution in [0.1, 0.15) is 19.5 Å². The third-order valence-corrected chi connectivity index (χ3v) is 2.34. The molecule has 18 heavy (non-hydrogen) atoms. The van der Waals surface area contributed by atoms with Gasteiger partial charge in [-0.2, -0.15) is 0 Å². The van der Waals surface area contributed by atoms with E-state index in [1.165, 1.54) is 0 Å². The summed E-state index contributed by atoms with van der Waals surface area (Å²) in [5.74, 6) is 1.27. The summed E-state index contributed by atoms with van der Waals surface area (Å²) in [5.41, 5.74) is 0.907. The van der Waals surface area contributed by atoms with Crippen LogP contribution < -0.4 is 10.1 Å². The van der Waals surface area contributed by atoms with Crippen molar-refractivity contribution in [3.8, 4) is 11.6 Å². The molecule has 0 fully saturated rings. The van der Waals surface area contributed by atoms with Crippen LogP contribution in [0.5, 0.6) is 11.6 Å². The number of hydrogen-bond donors (Lipinski definition) is 1. The molecular formula is C14H17N3O. The van der Waals surface area contributed by atoms with Gasteiger partial charge in [-0.15, -0.1) is 0 Å². The molecule has 0 unspecified atom stereocenters. The van der Waals surface area contributed by atoms with Gasteiger partial charge in [-0.05, 0) is 12.1 Å². The second-order valence-electron chi connectivity index (χ2n) is 4.30. The van der Waals surface area contributed by atoms with Gasteiger partial charge in [0, 0.05) is 12.6 Å². The van der Waals surface area contributed by atoms with Gasteiger partial charge in [-0.25, -0.2) is 4.98 Å². The number of nitrogens with zero attached hydrogens (tertiary/aromatic N) is 2. The summed E-state index contributed by atoms with van der Waals surface area (Å²) in [6.07, 6.45) is 3.37. The first-order valence-electron chi connectivity index (χ1n) is 6.01. The number of hydrogen-bond acceptors (Lipinski definition) is 4. The summed E-state index contributed by atoms with van der Waals surface area (Å²) in [4.78, 5) is 8.52. The molecule has 0 aliphatic heterocycles. The second kappa shape index (κ2) is 6.12. The van der Waals surface area contributed by atoms with E-state index in [9.17, 15) is 0 Å². The lowest BCUT2D eigenvalue weighted by Gasteiger charge is -2.08. The fourth-order valence-electron chi connectivity index (χ4n) is 1.40. The SMILES string of the molecule is CC(C)NCc1cnc(Oc2ccccc2)cn1. The first-order valence-corrected chi connectivity index (χ1v) is 6.01. The molecule has 0 saturated heterocycles. The van der Waals surface area contributed by atoms with E-state index in [-0.39, 0.29) is 0 Å². The standard InChI is InChI=1S/C14H17N3O/c1-11(2)15-8-12-9-17-14(10-16-12)18-13-6-4-3-5-7-13/h3-7,9-11,15H,8H2,1-2H3. The van der Waals surface area contributed by atoms with Crippen LogP contribution in [0.4, 0.5) is 0 Å². The Kier molecular flexibility index (Phi) is 4.25. The topological polar surface area (TPSA) is 47.0 Å². The van der Waals surface area contributed by atoms with Gasteiger partial charge in [0.25, 0.3) is 0 Å². The molecule has 2 rings (SSSR count). The Morgan fingerprint density at radius 3 is 2.50 bits per heavy atom. The van der Waals surface area contributed by atoms with Crippen molar-refractivity contribution in [1.29, 1.82) is 0 Å². The van der Waals surface area contributed by atoms with Gasteiger partial charge >= 0.3 is 0 Å². The third kappa shape index (κ3) is 3.82. The van der Waals surface area contributed by atoms with Gasteiger partial charge in [0.05, 0.1) is 18.1 Å². The smallest absolute Gasteiger partial charge is 0.237 e. The number of ether oxygens (including phenoxy) is 1. The van der Waals surface area contributed by atoms with Crippen molar-refractivity contribution in [3.63, 3.8) is 0 Å². The first-order chi connectivity index (χ1) is 8.74. The predicted molar refractivity (Wildman–Crippen MR) is 70.5 cm³/mol. The Hall–Kier alpha value is -1.94. The van der Waals surface area contributed by atoms with Crippen LogP contribution in [0, 0.1) is 0 Å². The molecular weight excluding hydrogens is 226 g/mol. The zero-order valence-electron chi connectivity index (χ0n) is 10.6. The molecule has 1 N–H and O–H groups in total. The van der Waals surface area contributed by atoms with Crippen molar-refractivity contribution < 1.29 is 4.74 Å². The maximum absolute atomic E-state index is 5.56. The molecule has 1 heterocycles. The molecule has 0 aliphatic rings. The minimum atomic E-state index is 0.437. The van der Waals surface area contributed by atoms with E-state index >= 15 is 0 Å². The number of aromatic nitrogens is 2. The van der Waals surface area contributed by atoms with Crippen LogP contribution in [0.3, 0.4) is 0 Å². The van der Waals surface area contributed by atoms with Crippen molar-refractivity contribution in [2.45, 2.75) is 26.4 Å². The van der Waals surface area contributed by atoms with Crippen LogP contribution >= 0.6 is 0 Å². The number of benzene rings is 1. The molecule has 2 aromatic rings. The zero-order chi connectivity index (χ0) is 12.8. The highest BCUT2D eigenvalue weighted by atomic mass is 16.5. The zero-order valence-corrected chi connectivity index (χ0v) is 10.6. The van der Waals surface area contributed by atoms with Crippen LogP contribution in [0.25, 0.3) is 0 Å². The summed E-state index contributed by atoms with van der Waals surface area (Å²) in [7, 11) is 0. The average molecular weight is 243 g/mol. The Morgan fingerprint density at radius 1 is 1.11 bits per heavy atom. The van der Waals surface area contributed by atoms with Gasteiger partial charge in [-0.1, -0.05) is 32.0 Å². The van der Waals surface area contributed by atoms with Crippen LogP contribution in [-0.2, 0) is 6.54 Å². The largest absolute Gasteiger partial charge is 0.438 e. The Labute approximate surface area is 107 Å². The van der Waals surface area contributed by atoms with E-state index in [1.807, 2.05) is 30.3 Å². The molecule has 1 aromatic carbocycles. The van der Waals surface area contributed by atoms with Crippen molar-refractivity contribution >= 4 is 0 Å². The lowest BCUT2D eigenvalue weighted by Crippen LogP contribution is -2.22. The monoisotopic (exact) mass is 243 g/mol. The lowest BCUT2D eigenvalue weighted by atomic mass is 10.3.